The predicted molar refractivity (Wildman–Crippen MR) is 106 cm³/mol. The van der Waals surface area contributed by atoms with Gasteiger partial charge in [-0.15, -0.1) is 0 Å². The van der Waals surface area contributed by atoms with Crippen molar-refractivity contribution in [3.05, 3.63) is 69.8 Å². The number of anilines is 1. The van der Waals surface area contributed by atoms with Crippen molar-refractivity contribution in [1.82, 2.24) is 0 Å². The van der Waals surface area contributed by atoms with Gasteiger partial charge in [-0.3, -0.25) is 10.1 Å². The van der Waals surface area contributed by atoms with Gasteiger partial charge in [0.1, 0.15) is 0 Å². The van der Waals surface area contributed by atoms with Crippen LogP contribution >= 0.6 is 0 Å². The molecule has 25 heavy (non-hydrogen) atoms. The lowest BCUT2D eigenvalue weighted by atomic mass is 10.0. The number of hydrogen-bond acceptors (Lipinski definition) is 3. The Kier molecular flexibility index (Phi) is 7.70. The van der Waals surface area contributed by atoms with Crippen molar-refractivity contribution >= 4 is 23.5 Å². The van der Waals surface area contributed by atoms with Gasteiger partial charge in [0.2, 0.25) is 0 Å². The van der Waals surface area contributed by atoms with Crippen LogP contribution in [-0.2, 0) is 0 Å². The molecule has 1 aliphatic carbocycles. The summed E-state index contributed by atoms with van der Waals surface area (Å²) in [5.41, 5.74) is 3.24. The normalized spacial score (nSPS) is 12.8. The van der Waals surface area contributed by atoms with Gasteiger partial charge in [-0.05, 0) is 35.7 Å². The maximum absolute atomic E-state index is 10.6. The summed E-state index contributed by atoms with van der Waals surface area (Å²) in [6.45, 7) is 3.06. The summed E-state index contributed by atoms with van der Waals surface area (Å²) in [6.07, 6.45) is 11.0. The van der Waals surface area contributed by atoms with E-state index in [-0.39, 0.29) is 5.69 Å². The van der Waals surface area contributed by atoms with Gasteiger partial charge < -0.3 is 5.32 Å². The minimum atomic E-state index is -0.391. The standard InChI is InChI=1S/C17H18N2O2.C4H8/c1-2-13-18-17-6-4-3-5-15(17)10-7-14-8-11-16(12-9-14)19(20)21;1-2-4-3-1/h3-12,18H,2,13H2,1H3;1-4H2. The maximum atomic E-state index is 10.6. The fraction of sp³-hybridized carbons (Fsp3) is 0.333. The van der Waals surface area contributed by atoms with Crippen LogP contribution in [0.3, 0.4) is 0 Å². The summed E-state index contributed by atoms with van der Waals surface area (Å²) in [5.74, 6) is 0. The van der Waals surface area contributed by atoms with Gasteiger partial charge in [0.25, 0.3) is 5.69 Å². The van der Waals surface area contributed by atoms with Crippen LogP contribution in [0.1, 0.15) is 50.2 Å². The van der Waals surface area contributed by atoms with Crippen molar-refractivity contribution in [2.24, 2.45) is 0 Å². The minimum absolute atomic E-state index is 0.108. The Morgan fingerprint density at radius 3 is 2.20 bits per heavy atom. The highest BCUT2D eigenvalue weighted by molar-refractivity contribution is 5.76. The van der Waals surface area contributed by atoms with E-state index < -0.39 is 4.92 Å². The second-order valence-corrected chi connectivity index (χ2v) is 6.11. The van der Waals surface area contributed by atoms with Gasteiger partial charge in [0.05, 0.1) is 4.92 Å². The zero-order valence-electron chi connectivity index (χ0n) is 14.8. The highest BCUT2D eigenvalue weighted by atomic mass is 16.6. The Morgan fingerprint density at radius 1 is 1.00 bits per heavy atom. The van der Waals surface area contributed by atoms with Crippen molar-refractivity contribution in [2.45, 2.75) is 39.0 Å². The third-order valence-electron chi connectivity index (χ3n) is 4.09. The summed E-state index contributed by atoms with van der Waals surface area (Å²) in [7, 11) is 0. The minimum Gasteiger partial charge on any atom is -0.385 e. The molecule has 0 radical (unpaired) electrons. The number of nitrogens with zero attached hydrogens (tertiary/aromatic N) is 1. The molecule has 0 bridgehead atoms. The van der Waals surface area contributed by atoms with Crippen LogP contribution in [0.15, 0.2) is 48.5 Å². The molecule has 2 aromatic rings. The van der Waals surface area contributed by atoms with Gasteiger partial charge in [0, 0.05) is 24.4 Å². The van der Waals surface area contributed by atoms with Crippen LogP contribution < -0.4 is 5.32 Å². The van der Waals surface area contributed by atoms with E-state index in [1.807, 2.05) is 36.4 Å². The van der Waals surface area contributed by atoms with E-state index in [0.717, 1.165) is 29.8 Å². The number of benzene rings is 2. The molecule has 0 aliphatic heterocycles. The van der Waals surface area contributed by atoms with E-state index in [4.69, 9.17) is 0 Å². The highest BCUT2D eigenvalue weighted by Crippen LogP contribution is 2.19. The van der Waals surface area contributed by atoms with E-state index in [9.17, 15) is 10.1 Å². The molecule has 4 nitrogen and oxygen atoms in total. The van der Waals surface area contributed by atoms with E-state index in [1.54, 1.807) is 12.1 Å². The summed E-state index contributed by atoms with van der Waals surface area (Å²) >= 11 is 0. The van der Waals surface area contributed by atoms with Crippen LogP contribution in [0.4, 0.5) is 11.4 Å². The molecule has 0 amide bonds. The molecule has 0 spiro atoms. The van der Waals surface area contributed by atoms with Crippen molar-refractivity contribution in [2.75, 3.05) is 11.9 Å². The summed E-state index contributed by atoms with van der Waals surface area (Å²) < 4.78 is 0. The largest absolute Gasteiger partial charge is 0.385 e. The zero-order valence-corrected chi connectivity index (χ0v) is 14.8. The monoisotopic (exact) mass is 338 g/mol. The molecule has 0 saturated heterocycles. The van der Waals surface area contributed by atoms with Crippen LogP contribution in [0, 0.1) is 10.1 Å². The van der Waals surface area contributed by atoms with Crippen LogP contribution in [0.5, 0.6) is 0 Å². The van der Waals surface area contributed by atoms with Crippen molar-refractivity contribution in [1.29, 1.82) is 0 Å². The number of nitro groups is 1. The van der Waals surface area contributed by atoms with E-state index >= 15 is 0 Å². The Balaban J connectivity index is 0.000000493. The molecule has 4 heteroatoms. The molecular formula is C21H26N2O2. The molecule has 132 valence electrons. The van der Waals surface area contributed by atoms with Gasteiger partial charge >= 0.3 is 0 Å². The molecule has 0 aromatic heterocycles. The van der Waals surface area contributed by atoms with Crippen LogP contribution in [0.2, 0.25) is 0 Å². The average molecular weight is 338 g/mol. The number of non-ortho nitro benzene ring substituents is 1. The maximum Gasteiger partial charge on any atom is 0.269 e. The predicted octanol–water partition coefficient (Wildman–Crippen LogP) is 6.15. The number of hydrogen-bond donors (Lipinski definition) is 1. The smallest absolute Gasteiger partial charge is 0.269 e. The summed E-state index contributed by atoms with van der Waals surface area (Å²) in [5, 5.41) is 14.0. The molecule has 2 aromatic carbocycles. The van der Waals surface area contributed by atoms with Gasteiger partial charge in [0.15, 0.2) is 0 Å². The van der Waals surface area contributed by atoms with Gasteiger partial charge in [-0.1, -0.05) is 63.0 Å². The molecular weight excluding hydrogens is 312 g/mol. The molecule has 0 heterocycles. The third-order valence-corrected chi connectivity index (χ3v) is 4.09. The molecule has 1 fully saturated rings. The first kappa shape index (κ1) is 18.7. The lowest BCUT2D eigenvalue weighted by Gasteiger charge is -2.08. The summed E-state index contributed by atoms with van der Waals surface area (Å²) in [4.78, 5) is 10.2. The topological polar surface area (TPSA) is 55.2 Å². The van der Waals surface area contributed by atoms with Crippen LogP contribution in [-0.4, -0.2) is 11.5 Å². The third kappa shape index (κ3) is 6.42. The first-order chi connectivity index (χ1) is 12.2. The quantitative estimate of drug-likeness (QED) is 0.390. The molecule has 1 N–H and O–H groups in total. The summed E-state index contributed by atoms with van der Waals surface area (Å²) in [6, 6.07) is 14.6. The Morgan fingerprint density at radius 2 is 1.64 bits per heavy atom. The number of nitrogens with one attached hydrogen (secondary N) is 1. The van der Waals surface area contributed by atoms with Crippen molar-refractivity contribution < 1.29 is 4.92 Å². The molecule has 0 atom stereocenters. The fourth-order valence-corrected chi connectivity index (χ4v) is 2.21. The fourth-order valence-electron chi connectivity index (χ4n) is 2.21. The lowest BCUT2D eigenvalue weighted by Crippen LogP contribution is -2.00. The molecule has 3 rings (SSSR count). The number of nitro benzene ring substituents is 1. The first-order valence-electron chi connectivity index (χ1n) is 8.96. The average Bonchev–Trinajstić information content (AvgIpc) is 2.57. The van der Waals surface area contributed by atoms with Crippen LogP contribution in [0.25, 0.3) is 12.2 Å². The second kappa shape index (κ2) is 10.3. The number of para-hydroxylation sites is 1. The highest BCUT2D eigenvalue weighted by Gasteiger charge is 2.02. The number of rotatable bonds is 6. The van der Waals surface area contributed by atoms with Gasteiger partial charge in [-0.25, -0.2) is 0 Å². The Hall–Kier alpha value is -2.62. The molecule has 1 aliphatic rings. The van der Waals surface area contributed by atoms with E-state index in [1.165, 1.54) is 37.8 Å². The van der Waals surface area contributed by atoms with Crippen molar-refractivity contribution in [3.63, 3.8) is 0 Å². The lowest BCUT2D eigenvalue weighted by molar-refractivity contribution is -0.384. The van der Waals surface area contributed by atoms with Gasteiger partial charge in [-0.2, -0.15) is 0 Å². The molecule has 1 saturated carbocycles. The van der Waals surface area contributed by atoms with E-state index in [0.29, 0.717) is 0 Å². The Bertz CT molecular complexity index is 685. The van der Waals surface area contributed by atoms with E-state index in [2.05, 4.69) is 12.2 Å². The first-order valence-corrected chi connectivity index (χ1v) is 8.96. The van der Waals surface area contributed by atoms with Crippen molar-refractivity contribution in [3.8, 4) is 0 Å². The SMILES string of the molecule is C1CCC1.CCCNc1ccccc1C=Cc1ccc([N+](=O)[O-])cc1. The second-order valence-electron chi connectivity index (χ2n) is 6.11. The molecule has 0 unspecified atom stereocenters. The zero-order chi connectivity index (χ0) is 17.9. The Labute approximate surface area is 149 Å².